The molecule has 0 saturated heterocycles. The molecule has 0 saturated carbocycles. The summed E-state index contributed by atoms with van der Waals surface area (Å²) >= 11 is 0. The second-order valence-electron chi connectivity index (χ2n) is 2.05. The molecular weight excluding hydrogens is 179 g/mol. The summed E-state index contributed by atoms with van der Waals surface area (Å²) in [6.45, 7) is 0. The number of rotatable bonds is 3. The Bertz CT molecular complexity index is 286. The predicted molar refractivity (Wildman–Crippen MR) is 44.8 cm³/mol. The summed E-state index contributed by atoms with van der Waals surface area (Å²) in [6.07, 6.45) is 0. The Balaban J connectivity index is 2.79. The third kappa shape index (κ3) is 2.57. The van der Waals surface area contributed by atoms with Crippen LogP contribution in [0.15, 0.2) is 24.3 Å². The van der Waals surface area contributed by atoms with E-state index in [2.05, 4.69) is 4.52 Å². The van der Waals surface area contributed by atoms with Crippen LogP contribution in [0.4, 0.5) is 0 Å². The first-order valence-electron chi connectivity index (χ1n) is 3.27. The summed E-state index contributed by atoms with van der Waals surface area (Å²) in [7, 11) is -1.40. The fourth-order valence-corrected chi connectivity index (χ4v) is 1.09. The molecule has 0 radical (unpaired) electrons. The second-order valence-corrected chi connectivity index (χ2v) is 2.78. The number of hydrogen-bond donors (Lipinski definition) is 1. The van der Waals surface area contributed by atoms with Gasteiger partial charge >= 0.3 is 8.25 Å². The van der Waals surface area contributed by atoms with E-state index in [1.165, 1.54) is 7.11 Å². The van der Waals surface area contributed by atoms with Crippen LogP contribution in [0, 0.1) is 0 Å². The molecule has 0 fully saturated rings. The molecule has 4 nitrogen and oxygen atoms in total. The first-order chi connectivity index (χ1) is 5.72. The molecule has 0 aliphatic heterocycles. The van der Waals surface area contributed by atoms with Crippen LogP contribution in [0.5, 0.6) is 11.5 Å². The SMILES string of the molecule is COc1cccc(O[PH](=O)O)c1. The Morgan fingerprint density at radius 2 is 2.08 bits per heavy atom. The van der Waals surface area contributed by atoms with Crippen LogP contribution < -0.4 is 9.26 Å². The quantitative estimate of drug-likeness (QED) is 0.729. The maximum absolute atomic E-state index is 10.3. The van der Waals surface area contributed by atoms with Gasteiger partial charge in [-0.25, -0.2) is 4.57 Å². The number of ether oxygens (including phenoxy) is 1. The predicted octanol–water partition coefficient (Wildman–Crippen LogP) is 1.46. The van der Waals surface area contributed by atoms with Gasteiger partial charge in [0.15, 0.2) is 0 Å². The van der Waals surface area contributed by atoms with E-state index < -0.39 is 8.25 Å². The van der Waals surface area contributed by atoms with Crippen LogP contribution in [0.3, 0.4) is 0 Å². The highest BCUT2D eigenvalue weighted by molar-refractivity contribution is 7.32. The van der Waals surface area contributed by atoms with Crippen LogP contribution in [-0.2, 0) is 4.57 Å². The summed E-state index contributed by atoms with van der Waals surface area (Å²) in [4.78, 5) is 8.45. The molecule has 0 aromatic heterocycles. The van der Waals surface area contributed by atoms with Crippen molar-refractivity contribution in [1.82, 2.24) is 0 Å². The van der Waals surface area contributed by atoms with E-state index >= 15 is 0 Å². The van der Waals surface area contributed by atoms with Crippen molar-refractivity contribution in [2.24, 2.45) is 0 Å². The van der Waals surface area contributed by atoms with Gasteiger partial charge in [-0.3, -0.25) is 0 Å². The van der Waals surface area contributed by atoms with Crippen molar-refractivity contribution in [2.75, 3.05) is 7.11 Å². The molecule has 1 aromatic rings. The Hall–Kier alpha value is -0.990. The third-order valence-electron chi connectivity index (χ3n) is 1.25. The van der Waals surface area contributed by atoms with E-state index in [1.54, 1.807) is 24.3 Å². The minimum atomic E-state index is -2.92. The lowest BCUT2D eigenvalue weighted by Crippen LogP contribution is -1.84. The Morgan fingerprint density at radius 3 is 2.67 bits per heavy atom. The molecule has 0 bridgehead atoms. The molecule has 12 heavy (non-hydrogen) atoms. The monoisotopic (exact) mass is 188 g/mol. The number of benzene rings is 1. The molecule has 0 spiro atoms. The fourth-order valence-electron chi connectivity index (χ4n) is 0.765. The van der Waals surface area contributed by atoms with Crippen LogP contribution in [-0.4, -0.2) is 12.0 Å². The molecule has 1 aromatic carbocycles. The molecule has 0 aliphatic carbocycles. The standard InChI is InChI=1S/C7H9O4P/c1-10-6-3-2-4-7(5-6)11-12(8)9/h2-5,12H,1H3,(H,8,9). The van der Waals surface area contributed by atoms with Crippen molar-refractivity contribution in [1.29, 1.82) is 0 Å². The van der Waals surface area contributed by atoms with E-state index in [1.807, 2.05) is 0 Å². The molecule has 1 N–H and O–H groups in total. The topological polar surface area (TPSA) is 55.8 Å². The smallest absolute Gasteiger partial charge is 0.365 e. The summed E-state index contributed by atoms with van der Waals surface area (Å²) < 4.78 is 19.8. The molecule has 1 unspecified atom stereocenters. The minimum Gasteiger partial charge on any atom is -0.497 e. The second kappa shape index (κ2) is 4.14. The van der Waals surface area contributed by atoms with Gasteiger partial charge in [-0.15, -0.1) is 0 Å². The van der Waals surface area contributed by atoms with Gasteiger partial charge in [0.2, 0.25) is 0 Å². The van der Waals surface area contributed by atoms with Gasteiger partial charge in [0.05, 0.1) is 7.11 Å². The van der Waals surface area contributed by atoms with Crippen LogP contribution in [0.25, 0.3) is 0 Å². The molecule has 66 valence electrons. The van der Waals surface area contributed by atoms with E-state index in [0.29, 0.717) is 11.5 Å². The average molecular weight is 188 g/mol. The van der Waals surface area contributed by atoms with E-state index in [0.717, 1.165) is 0 Å². The first kappa shape index (κ1) is 9.10. The van der Waals surface area contributed by atoms with Crippen molar-refractivity contribution in [2.45, 2.75) is 0 Å². The molecule has 1 rings (SSSR count). The molecule has 5 heteroatoms. The minimum absolute atomic E-state index is 0.334. The van der Waals surface area contributed by atoms with Gasteiger partial charge in [0.25, 0.3) is 0 Å². The highest BCUT2D eigenvalue weighted by atomic mass is 31.1. The lowest BCUT2D eigenvalue weighted by atomic mass is 10.3. The van der Waals surface area contributed by atoms with Crippen molar-refractivity contribution in [3.8, 4) is 11.5 Å². The highest BCUT2D eigenvalue weighted by Gasteiger charge is 1.97. The van der Waals surface area contributed by atoms with Gasteiger partial charge in [-0.2, -0.15) is 0 Å². The zero-order valence-corrected chi connectivity index (χ0v) is 7.48. The maximum atomic E-state index is 10.3. The molecule has 1 atom stereocenters. The summed E-state index contributed by atoms with van der Waals surface area (Å²) in [5.41, 5.74) is 0. The highest BCUT2D eigenvalue weighted by Crippen LogP contribution is 2.25. The zero-order valence-electron chi connectivity index (χ0n) is 6.48. The average Bonchev–Trinajstić information content (AvgIpc) is 2.03. The summed E-state index contributed by atoms with van der Waals surface area (Å²) in [5.74, 6) is 0.927. The van der Waals surface area contributed by atoms with Gasteiger partial charge < -0.3 is 14.2 Å². The summed E-state index contributed by atoms with van der Waals surface area (Å²) in [5, 5.41) is 0. The van der Waals surface area contributed by atoms with Gasteiger partial charge in [-0.1, -0.05) is 6.07 Å². The lowest BCUT2D eigenvalue weighted by Gasteiger charge is -2.03. The summed E-state index contributed by atoms with van der Waals surface area (Å²) in [6, 6.07) is 6.53. The molecular formula is C7H9O4P. The molecule has 0 aliphatic rings. The Kier molecular flexibility index (Phi) is 3.14. The lowest BCUT2D eigenvalue weighted by molar-refractivity contribution is 0.400. The van der Waals surface area contributed by atoms with Crippen molar-refractivity contribution in [3.63, 3.8) is 0 Å². The van der Waals surface area contributed by atoms with Crippen molar-refractivity contribution >= 4 is 8.25 Å². The van der Waals surface area contributed by atoms with Crippen LogP contribution in [0.2, 0.25) is 0 Å². The zero-order chi connectivity index (χ0) is 8.97. The number of methoxy groups -OCH3 is 1. The van der Waals surface area contributed by atoms with Gasteiger partial charge in [-0.05, 0) is 12.1 Å². The van der Waals surface area contributed by atoms with Crippen molar-refractivity contribution in [3.05, 3.63) is 24.3 Å². The Morgan fingerprint density at radius 1 is 1.42 bits per heavy atom. The van der Waals surface area contributed by atoms with E-state index in [-0.39, 0.29) is 0 Å². The molecule has 0 heterocycles. The van der Waals surface area contributed by atoms with Crippen LogP contribution in [0.1, 0.15) is 0 Å². The van der Waals surface area contributed by atoms with E-state index in [9.17, 15) is 4.57 Å². The fraction of sp³-hybridized carbons (Fsp3) is 0.143. The normalized spacial score (nSPS) is 12.2. The maximum Gasteiger partial charge on any atom is 0.365 e. The number of hydrogen-bond acceptors (Lipinski definition) is 3. The third-order valence-corrected chi connectivity index (χ3v) is 1.66. The van der Waals surface area contributed by atoms with E-state index in [4.69, 9.17) is 9.63 Å². The molecule has 0 amide bonds. The van der Waals surface area contributed by atoms with Gasteiger partial charge in [0.1, 0.15) is 11.5 Å². The first-order valence-corrected chi connectivity index (χ1v) is 4.53. The van der Waals surface area contributed by atoms with Gasteiger partial charge in [0, 0.05) is 6.07 Å². The van der Waals surface area contributed by atoms with Crippen LogP contribution >= 0.6 is 8.25 Å². The largest absolute Gasteiger partial charge is 0.497 e. The van der Waals surface area contributed by atoms with Crippen molar-refractivity contribution < 1.29 is 18.7 Å². The Labute approximate surface area is 70.7 Å².